The highest BCUT2D eigenvalue weighted by Crippen LogP contribution is 2.30. The van der Waals surface area contributed by atoms with E-state index in [4.69, 9.17) is 5.73 Å². The number of carbonyl (C=O) groups excluding carboxylic acids is 1. The van der Waals surface area contributed by atoms with E-state index >= 15 is 0 Å². The predicted octanol–water partition coefficient (Wildman–Crippen LogP) is 3.76. The topological polar surface area (TPSA) is 70.9 Å². The van der Waals surface area contributed by atoms with Gasteiger partial charge in [0.05, 0.1) is 5.69 Å². The van der Waals surface area contributed by atoms with Gasteiger partial charge in [0, 0.05) is 21.6 Å². The molecule has 1 unspecified atom stereocenters. The van der Waals surface area contributed by atoms with Gasteiger partial charge in [-0.05, 0) is 48.6 Å². The number of anilines is 1. The van der Waals surface area contributed by atoms with Crippen molar-refractivity contribution in [3.8, 4) is 0 Å². The Balaban J connectivity index is 1.61. The molecule has 1 heterocycles. The number of nitrogens with one attached hydrogen (secondary N) is 2. The highest BCUT2D eigenvalue weighted by molar-refractivity contribution is 9.10. The number of hydrogen-bond acceptors (Lipinski definition) is 2. The minimum Gasteiger partial charge on any atom is -0.359 e. The Kier molecular flexibility index (Phi) is 3.70. The average Bonchev–Trinajstić information content (AvgIpc) is 2.97. The van der Waals surface area contributed by atoms with E-state index in [1.54, 1.807) is 0 Å². The van der Waals surface area contributed by atoms with E-state index in [2.05, 4.69) is 38.4 Å². The Morgan fingerprint density at radius 2 is 2.00 bits per heavy atom. The van der Waals surface area contributed by atoms with Crippen molar-refractivity contribution in [2.45, 2.75) is 24.8 Å². The molecule has 4 N–H and O–H groups in total. The maximum Gasteiger partial charge on any atom is 0.244 e. The Bertz CT molecular complexity index is 933. The van der Waals surface area contributed by atoms with E-state index < -0.39 is 5.54 Å². The molecule has 0 bridgehead atoms. The number of halogens is 1. The molecule has 2 aromatic carbocycles. The molecule has 4 rings (SSSR count). The summed E-state index contributed by atoms with van der Waals surface area (Å²) in [6.07, 6.45) is 3.87. The maximum atomic E-state index is 12.9. The third kappa shape index (κ3) is 2.64. The van der Waals surface area contributed by atoms with Crippen molar-refractivity contribution in [3.05, 3.63) is 64.3 Å². The van der Waals surface area contributed by atoms with E-state index in [0.29, 0.717) is 12.8 Å². The number of hydrogen-bond donors (Lipinski definition) is 3. The highest BCUT2D eigenvalue weighted by atomic mass is 79.9. The summed E-state index contributed by atoms with van der Waals surface area (Å²) in [6, 6.07) is 14.1. The molecule has 4 nitrogen and oxygen atoms in total. The van der Waals surface area contributed by atoms with Crippen LogP contribution in [0.15, 0.2) is 53.1 Å². The van der Waals surface area contributed by atoms with Crippen molar-refractivity contribution in [2.75, 3.05) is 5.32 Å². The Morgan fingerprint density at radius 1 is 1.21 bits per heavy atom. The Labute approximate surface area is 148 Å². The number of amides is 1. The van der Waals surface area contributed by atoms with Crippen LogP contribution in [0.4, 0.5) is 5.69 Å². The summed E-state index contributed by atoms with van der Waals surface area (Å²) in [6.45, 7) is 0. The van der Waals surface area contributed by atoms with Crippen LogP contribution in [-0.2, 0) is 17.6 Å². The van der Waals surface area contributed by atoms with E-state index in [0.717, 1.165) is 27.5 Å². The first kappa shape index (κ1) is 15.4. The fraction of sp³-hybridized carbons (Fsp3) is 0.211. The normalized spacial score (nSPS) is 19.9. The molecule has 1 atom stereocenters. The lowest BCUT2D eigenvalue weighted by molar-refractivity contribution is -0.121. The van der Waals surface area contributed by atoms with E-state index in [-0.39, 0.29) is 5.91 Å². The van der Waals surface area contributed by atoms with E-state index in [1.807, 2.05) is 36.5 Å². The minimum atomic E-state index is -0.871. The zero-order chi connectivity index (χ0) is 16.7. The molecule has 5 heteroatoms. The molecule has 1 aliphatic carbocycles. The molecule has 0 fully saturated rings. The highest BCUT2D eigenvalue weighted by Gasteiger charge is 2.37. The van der Waals surface area contributed by atoms with Crippen LogP contribution in [0, 0.1) is 0 Å². The average molecular weight is 384 g/mol. The van der Waals surface area contributed by atoms with Crippen LogP contribution < -0.4 is 11.1 Å². The first-order chi connectivity index (χ1) is 11.5. The van der Waals surface area contributed by atoms with E-state index in [1.165, 1.54) is 11.1 Å². The van der Waals surface area contributed by atoms with Gasteiger partial charge in [0.1, 0.15) is 5.54 Å². The number of benzene rings is 2. The third-order valence-electron chi connectivity index (χ3n) is 4.81. The minimum absolute atomic E-state index is 0.127. The van der Waals surface area contributed by atoms with Gasteiger partial charge in [-0.3, -0.25) is 4.79 Å². The largest absolute Gasteiger partial charge is 0.359 e. The molecule has 0 aliphatic heterocycles. The molecule has 0 saturated carbocycles. The van der Waals surface area contributed by atoms with Crippen LogP contribution in [0.3, 0.4) is 0 Å². The van der Waals surface area contributed by atoms with Crippen LogP contribution in [0.25, 0.3) is 10.9 Å². The molecule has 3 aromatic rings. The molecule has 0 saturated heterocycles. The first-order valence-corrected chi connectivity index (χ1v) is 8.78. The summed E-state index contributed by atoms with van der Waals surface area (Å²) in [5.41, 5.74) is 9.81. The van der Waals surface area contributed by atoms with E-state index in [9.17, 15) is 4.79 Å². The van der Waals surface area contributed by atoms with Gasteiger partial charge in [0.25, 0.3) is 0 Å². The zero-order valence-corrected chi connectivity index (χ0v) is 14.7. The van der Waals surface area contributed by atoms with Gasteiger partial charge in [0.15, 0.2) is 0 Å². The SMILES string of the molecule is NC1(C(=O)Nc2c[nH]c3ccc(Br)cc23)CCc2ccccc2C1. The molecule has 0 radical (unpaired) electrons. The lowest BCUT2D eigenvalue weighted by atomic mass is 9.78. The molecule has 24 heavy (non-hydrogen) atoms. The molecule has 122 valence electrons. The second kappa shape index (κ2) is 5.76. The lowest BCUT2D eigenvalue weighted by Crippen LogP contribution is -2.54. The summed E-state index contributed by atoms with van der Waals surface area (Å²) >= 11 is 3.47. The van der Waals surface area contributed by atoms with Gasteiger partial charge in [-0.1, -0.05) is 40.2 Å². The number of carbonyl (C=O) groups is 1. The molecular formula is C19H18BrN3O. The Morgan fingerprint density at radius 3 is 2.83 bits per heavy atom. The van der Waals surface area contributed by atoms with Crippen LogP contribution >= 0.6 is 15.9 Å². The summed E-state index contributed by atoms with van der Waals surface area (Å²) in [4.78, 5) is 16.0. The number of aromatic amines is 1. The molecule has 1 aromatic heterocycles. The second-order valence-electron chi connectivity index (χ2n) is 6.45. The number of nitrogens with two attached hydrogens (primary N) is 1. The third-order valence-corrected chi connectivity index (χ3v) is 5.30. The fourth-order valence-electron chi connectivity index (χ4n) is 3.40. The molecular weight excluding hydrogens is 366 g/mol. The van der Waals surface area contributed by atoms with Gasteiger partial charge in [-0.25, -0.2) is 0 Å². The smallest absolute Gasteiger partial charge is 0.244 e. The zero-order valence-electron chi connectivity index (χ0n) is 13.1. The van der Waals surface area contributed by atoms with Gasteiger partial charge < -0.3 is 16.0 Å². The maximum absolute atomic E-state index is 12.9. The monoisotopic (exact) mass is 383 g/mol. The van der Waals surface area contributed by atoms with Crippen molar-refractivity contribution >= 4 is 38.4 Å². The second-order valence-corrected chi connectivity index (χ2v) is 7.36. The van der Waals surface area contributed by atoms with Crippen molar-refractivity contribution in [2.24, 2.45) is 5.73 Å². The summed E-state index contributed by atoms with van der Waals surface area (Å²) in [7, 11) is 0. The van der Waals surface area contributed by atoms with Crippen molar-refractivity contribution < 1.29 is 4.79 Å². The predicted molar refractivity (Wildman–Crippen MR) is 100 cm³/mol. The van der Waals surface area contributed by atoms with Gasteiger partial charge in [0.2, 0.25) is 5.91 Å². The van der Waals surface area contributed by atoms with Gasteiger partial charge in [-0.2, -0.15) is 0 Å². The van der Waals surface area contributed by atoms with Crippen LogP contribution in [0.2, 0.25) is 0 Å². The number of H-pyrrole nitrogens is 1. The van der Waals surface area contributed by atoms with Crippen LogP contribution in [0.5, 0.6) is 0 Å². The first-order valence-electron chi connectivity index (χ1n) is 7.99. The fourth-order valence-corrected chi connectivity index (χ4v) is 3.76. The quantitative estimate of drug-likeness (QED) is 0.630. The van der Waals surface area contributed by atoms with Crippen molar-refractivity contribution in [1.82, 2.24) is 4.98 Å². The molecule has 1 aliphatic rings. The van der Waals surface area contributed by atoms with Crippen molar-refractivity contribution in [1.29, 1.82) is 0 Å². The van der Waals surface area contributed by atoms with Gasteiger partial charge in [-0.15, -0.1) is 0 Å². The number of aryl methyl sites for hydroxylation is 1. The molecule has 0 spiro atoms. The van der Waals surface area contributed by atoms with Crippen molar-refractivity contribution in [3.63, 3.8) is 0 Å². The van der Waals surface area contributed by atoms with Gasteiger partial charge >= 0.3 is 0 Å². The number of rotatable bonds is 2. The number of aromatic nitrogens is 1. The molecule has 1 amide bonds. The standard InChI is InChI=1S/C19H18BrN3O/c20-14-5-6-16-15(9-14)17(11-22-16)23-18(24)19(21)8-7-12-3-1-2-4-13(12)10-19/h1-6,9,11,22H,7-8,10,21H2,(H,23,24). The number of fused-ring (bicyclic) bond motifs is 2. The summed E-state index contributed by atoms with van der Waals surface area (Å²) in [5.74, 6) is -0.127. The lowest BCUT2D eigenvalue weighted by Gasteiger charge is -2.33. The summed E-state index contributed by atoms with van der Waals surface area (Å²) in [5, 5.41) is 3.99. The summed E-state index contributed by atoms with van der Waals surface area (Å²) < 4.78 is 0.971. The Hall–Kier alpha value is -2.11. The van der Waals surface area contributed by atoms with Crippen LogP contribution in [-0.4, -0.2) is 16.4 Å². The van der Waals surface area contributed by atoms with Crippen LogP contribution in [0.1, 0.15) is 17.5 Å².